The van der Waals surface area contributed by atoms with Crippen molar-refractivity contribution in [3.8, 4) is 11.5 Å². The van der Waals surface area contributed by atoms with Crippen LogP contribution in [0.3, 0.4) is 0 Å². The van der Waals surface area contributed by atoms with Gasteiger partial charge >= 0.3 is 6.03 Å². The number of ether oxygens (including phenoxy) is 1. The Morgan fingerprint density at radius 3 is 2.23 bits per heavy atom. The molecular formula is C32H28N6O2. The Kier molecular flexibility index (Phi) is 6.96. The predicted molar refractivity (Wildman–Crippen MR) is 160 cm³/mol. The minimum absolute atomic E-state index is 0.0248. The zero-order valence-corrected chi connectivity index (χ0v) is 21.9. The van der Waals surface area contributed by atoms with Crippen LogP contribution in [0, 0.1) is 0 Å². The lowest BCUT2D eigenvalue weighted by Crippen LogP contribution is -2.32. The lowest BCUT2D eigenvalue weighted by molar-refractivity contribution is 0.262. The van der Waals surface area contributed by atoms with Crippen LogP contribution in [-0.4, -0.2) is 30.7 Å². The second-order valence-corrected chi connectivity index (χ2v) is 9.38. The van der Waals surface area contributed by atoms with E-state index in [1.807, 2.05) is 116 Å². The van der Waals surface area contributed by atoms with Gasteiger partial charge in [-0.25, -0.2) is 4.79 Å². The van der Waals surface area contributed by atoms with E-state index < -0.39 is 0 Å². The van der Waals surface area contributed by atoms with Crippen molar-refractivity contribution in [2.45, 2.75) is 12.5 Å². The number of anilines is 2. The number of benzene rings is 4. The monoisotopic (exact) mass is 528 g/mol. The van der Waals surface area contributed by atoms with Gasteiger partial charge in [0.1, 0.15) is 11.5 Å². The van der Waals surface area contributed by atoms with Gasteiger partial charge in [-0.05, 0) is 66.2 Å². The first kappa shape index (κ1) is 24.9. The normalized spacial score (nSPS) is 15.8. The van der Waals surface area contributed by atoms with Gasteiger partial charge in [-0.2, -0.15) is 5.10 Å². The fraction of sp³-hybridized carbons (Fsp3) is 0.0938. The van der Waals surface area contributed by atoms with Crippen LogP contribution in [0.15, 0.2) is 125 Å². The third-order valence-electron chi connectivity index (χ3n) is 6.66. The number of hydrazone groups is 1. The molecule has 1 unspecified atom stereocenters. The van der Waals surface area contributed by atoms with Gasteiger partial charge in [0.15, 0.2) is 5.84 Å². The van der Waals surface area contributed by atoms with E-state index in [1.54, 1.807) is 0 Å². The van der Waals surface area contributed by atoms with Crippen molar-refractivity contribution in [1.29, 1.82) is 0 Å². The number of carbonyl (C=O) groups is 1. The molecule has 2 aliphatic rings. The van der Waals surface area contributed by atoms with E-state index >= 15 is 0 Å². The number of hydrogen-bond acceptors (Lipinski definition) is 6. The zero-order valence-electron chi connectivity index (χ0n) is 21.9. The minimum Gasteiger partial charge on any atom is -0.457 e. The number of amides is 2. The SMILES string of the molecule is CNC1=NNC2CC(c3cccc(NC(=O)Nc4ccccc4)c3)=NC(c3ccc(Oc4ccccc4)cc3)=C12. The molecule has 8 heteroatoms. The van der Waals surface area contributed by atoms with Crippen molar-refractivity contribution < 1.29 is 9.53 Å². The molecule has 0 fully saturated rings. The van der Waals surface area contributed by atoms with Crippen molar-refractivity contribution in [2.24, 2.45) is 10.1 Å². The molecular weight excluding hydrogens is 500 g/mol. The fourth-order valence-electron chi connectivity index (χ4n) is 4.78. The van der Waals surface area contributed by atoms with Crippen LogP contribution < -0.4 is 26.1 Å². The quantitative estimate of drug-likeness (QED) is 0.238. The second-order valence-electron chi connectivity index (χ2n) is 9.38. The van der Waals surface area contributed by atoms with Crippen molar-refractivity contribution in [3.05, 3.63) is 126 Å². The summed E-state index contributed by atoms with van der Waals surface area (Å²) in [7, 11) is 1.86. The summed E-state index contributed by atoms with van der Waals surface area (Å²) in [6.07, 6.45) is 0.655. The molecule has 0 radical (unpaired) electrons. The number of urea groups is 1. The standard InChI is InChI=1S/C32H28N6O2/c1-33-31-29-28(37-38-31)20-27(22-9-8-12-24(19-22)35-32(39)34-23-10-4-2-5-11-23)36-30(29)21-15-17-26(18-16-21)40-25-13-6-3-7-14-25/h2-19,28,37H,20H2,1H3,(H,33,38)(H2,34,35,39). The molecule has 0 saturated heterocycles. The van der Waals surface area contributed by atoms with Crippen molar-refractivity contribution in [3.63, 3.8) is 0 Å². The fourth-order valence-corrected chi connectivity index (χ4v) is 4.78. The molecule has 0 bridgehead atoms. The number of rotatable bonds is 6. The summed E-state index contributed by atoms with van der Waals surface area (Å²) in [5.74, 6) is 2.31. The molecule has 0 aromatic heterocycles. The molecule has 2 aliphatic heterocycles. The third kappa shape index (κ3) is 5.42. The Bertz CT molecular complexity index is 1610. The summed E-state index contributed by atoms with van der Waals surface area (Å²) in [4.78, 5) is 17.7. The van der Waals surface area contributed by atoms with Crippen LogP contribution in [0.25, 0.3) is 5.70 Å². The number of amidine groups is 1. The van der Waals surface area contributed by atoms with Crippen molar-refractivity contribution >= 4 is 34.7 Å². The van der Waals surface area contributed by atoms with Gasteiger partial charge in [0.05, 0.1) is 17.5 Å². The number of likely N-dealkylation sites (N-methyl/N-ethyl adjacent to an activating group) is 1. The maximum Gasteiger partial charge on any atom is 0.323 e. The number of nitrogens with zero attached hydrogens (tertiary/aromatic N) is 2. The van der Waals surface area contributed by atoms with Crippen LogP contribution in [0.4, 0.5) is 16.2 Å². The van der Waals surface area contributed by atoms with Gasteiger partial charge < -0.3 is 20.7 Å². The lowest BCUT2D eigenvalue weighted by atomic mass is 9.90. The number of hydrogen-bond donors (Lipinski definition) is 4. The summed E-state index contributed by atoms with van der Waals surface area (Å²) in [5, 5.41) is 13.5. The first-order valence-electron chi connectivity index (χ1n) is 13.1. The molecule has 0 spiro atoms. The molecule has 2 heterocycles. The third-order valence-corrected chi connectivity index (χ3v) is 6.66. The molecule has 6 rings (SSSR count). The van der Waals surface area contributed by atoms with Gasteiger partial charge in [-0.3, -0.25) is 10.4 Å². The average molecular weight is 529 g/mol. The highest BCUT2D eigenvalue weighted by Gasteiger charge is 2.33. The molecule has 1 atom stereocenters. The molecule has 8 nitrogen and oxygen atoms in total. The number of aliphatic imine (C=N–C) groups is 1. The van der Waals surface area contributed by atoms with E-state index in [4.69, 9.17) is 9.73 Å². The highest BCUT2D eigenvalue weighted by molar-refractivity contribution is 6.14. The first-order chi connectivity index (χ1) is 19.7. The Labute approximate surface area is 232 Å². The maximum absolute atomic E-state index is 12.6. The van der Waals surface area contributed by atoms with E-state index in [1.165, 1.54) is 0 Å². The maximum atomic E-state index is 12.6. The summed E-state index contributed by atoms with van der Waals surface area (Å²) in [5.41, 5.74) is 9.33. The molecule has 2 amide bonds. The molecule has 198 valence electrons. The summed E-state index contributed by atoms with van der Waals surface area (Å²) in [6.45, 7) is 0. The molecule has 0 aliphatic carbocycles. The zero-order chi connectivity index (χ0) is 27.3. The van der Waals surface area contributed by atoms with E-state index in [0.29, 0.717) is 12.1 Å². The molecule has 0 saturated carbocycles. The minimum atomic E-state index is -0.306. The number of carbonyl (C=O) groups excluding carboxylic acids is 1. The molecule has 40 heavy (non-hydrogen) atoms. The Balaban J connectivity index is 1.27. The smallest absolute Gasteiger partial charge is 0.323 e. The van der Waals surface area contributed by atoms with Gasteiger partial charge in [-0.1, -0.05) is 48.5 Å². The molecule has 4 aromatic rings. The highest BCUT2D eigenvalue weighted by atomic mass is 16.5. The van der Waals surface area contributed by atoms with Crippen molar-refractivity contribution in [2.75, 3.05) is 17.7 Å². The van der Waals surface area contributed by atoms with E-state index in [2.05, 4.69) is 26.5 Å². The topological polar surface area (TPSA) is 99.1 Å². The van der Waals surface area contributed by atoms with Gasteiger partial charge in [0.2, 0.25) is 0 Å². The van der Waals surface area contributed by atoms with Crippen LogP contribution in [0.2, 0.25) is 0 Å². The van der Waals surface area contributed by atoms with Gasteiger partial charge in [0.25, 0.3) is 0 Å². The van der Waals surface area contributed by atoms with E-state index in [0.717, 1.165) is 51.1 Å². The Morgan fingerprint density at radius 2 is 1.48 bits per heavy atom. The largest absolute Gasteiger partial charge is 0.457 e. The Hall–Kier alpha value is -5.37. The predicted octanol–water partition coefficient (Wildman–Crippen LogP) is 6.23. The summed E-state index contributed by atoms with van der Waals surface area (Å²) >= 11 is 0. The average Bonchev–Trinajstić information content (AvgIpc) is 3.42. The first-order valence-corrected chi connectivity index (χ1v) is 13.1. The summed E-state index contributed by atoms with van der Waals surface area (Å²) < 4.78 is 5.98. The van der Waals surface area contributed by atoms with Crippen LogP contribution in [0.1, 0.15) is 17.5 Å². The highest BCUT2D eigenvalue weighted by Crippen LogP contribution is 2.34. The van der Waals surface area contributed by atoms with Gasteiger partial charge in [-0.15, -0.1) is 0 Å². The van der Waals surface area contributed by atoms with E-state index in [9.17, 15) is 4.79 Å². The van der Waals surface area contributed by atoms with E-state index in [-0.39, 0.29) is 12.1 Å². The summed E-state index contributed by atoms with van der Waals surface area (Å²) in [6, 6.07) is 34.4. The van der Waals surface area contributed by atoms with Crippen molar-refractivity contribution in [1.82, 2.24) is 10.7 Å². The second kappa shape index (κ2) is 11.2. The Morgan fingerprint density at radius 1 is 0.800 bits per heavy atom. The van der Waals surface area contributed by atoms with Crippen LogP contribution in [0.5, 0.6) is 11.5 Å². The number of nitrogens with one attached hydrogen (secondary N) is 4. The van der Waals surface area contributed by atoms with Gasteiger partial charge in [0, 0.05) is 36.0 Å². The number of fused-ring (bicyclic) bond motifs is 1. The number of para-hydroxylation sites is 2. The molecule has 4 aromatic carbocycles. The van der Waals surface area contributed by atoms with Crippen LogP contribution in [-0.2, 0) is 0 Å². The van der Waals surface area contributed by atoms with Crippen LogP contribution >= 0.6 is 0 Å². The lowest BCUT2D eigenvalue weighted by Gasteiger charge is -2.23. The molecule has 4 N–H and O–H groups in total.